The van der Waals surface area contributed by atoms with Crippen molar-refractivity contribution in [1.82, 2.24) is 4.57 Å². The Morgan fingerprint density at radius 3 is 1.77 bits per heavy atom. The van der Waals surface area contributed by atoms with Crippen LogP contribution in [0.15, 0.2) is 72.8 Å². The Labute approximate surface area is 177 Å². The highest BCUT2D eigenvalue weighted by atomic mass is 16.5. The molecule has 156 valence electrons. The van der Waals surface area contributed by atoms with Crippen LogP contribution >= 0.6 is 0 Å². The second-order valence-electron chi connectivity index (χ2n) is 7.27. The zero-order chi connectivity index (χ0) is 21.7. The van der Waals surface area contributed by atoms with Crippen molar-refractivity contribution >= 4 is 11.9 Å². The summed E-state index contributed by atoms with van der Waals surface area (Å²) in [5.41, 5.74) is 3.88. The van der Waals surface area contributed by atoms with Gasteiger partial charge in [-0.15, -0.1) is 0 Å². The van der Waals surface area contributed by atoms with E-state index in [4.69, 9.17) is 9.47 Å². The van der Waals surface area contributed by atoms with Crippen LogP contribution in [0.25, 0.3) is 0 Å². The lowest BCUT2D eigenvalue weighted by atomic mass is 9.83. The zero-order valence-corrected chi connectivity index (χ0v) is 17.7. The van der Waals surface area contributed by atoms with E-state index in [-0.39, 0.29) is 6.04 Å². The standard InChI is InChI=1S/C25H27NO4/c1-17-15-16-21(26(17)18(2)19-11-7-5-8-12-19)22(20-13-9-6-10-14-20)23(24(27)29-3)25(28)30-4/h5-16,18,22-23H,1-4H3/t18-,22-/m1/s1. The first-order chi connectivity index (χ1) is 14.5. The molecule has 0 aliphatic carbocycles. The van der Waals surface area contributed by atoms with Crippen LogP contribution in [0.3, 0.4) is 0 Å². The highest BCUT2D eigenvalue weighted by molar-refractivity contribution is 5.96. The number of hydrogen-bond donors (Lipinski definition) is 0. The molecule has 0 saturated heterocycles. The molecule has 1 heterocycles. The summed E-state index contributed by atoms with van der Waals surface area (Å²) in [6.07, 6.45) is 0. The van der Waals surface area contributed by atoms with Gasteiger partial charge < -0.3 is 14.0 Å². The van der Waals surface area contributed by atoms with E-state index in [0.29, 0.717) is 0 Å². The number of rotatable bonds is 7. The fraction of sp³-hybridized carbons (Fsp3) is 0.280. The molecule has 0 amide bonds. The largest absolute Gasteiger partial charge is 0.468 e. The van der Waals surface area contributed by atoms with E-state index in [0.717, 1.165) is 22.5 Å². The van der Waals surface area contributed by atoms with Crippen molar-refractivity contribution in [3.05, 3.63) is 95.3 Å². The molecule has 5 nitrogen and oxygen atoms in total. The number of carbonyl (C=O) groups excluding carboxylic acids is 2. The average Bonchev–Trinajstić information content (AvgIpc) is 3.17. The minimum Gasteiger partial charge on any atom is -0.468 e. The maximum atomic E-state index is 12.7. The van der Waals surface area contributed by atoms with Gasteiger partial charge in [0.15, 0.2) is 5.92 Å². The van der Waals surface area contributed by atoms with Crippen LogP contribution in [0.5, 0.6) is 0 Å². The number of esters is 2. The Hall–Kier alpha value is -3.34. The van der Waals surface area contributed by atoms with Crippen LogP contribution in [0.1, 0.15) is 41.4 Å². The fourth-order valence-electron chi connectivity index (χ4n) is 4.05. The van der Waals surface area contributed by atoms with Crippen LogP contribution in [0.4, 0.5) is 0 Å². The third kappa shape index (κ3) is 4.15. The topological polar surface area (TPSA) is 57.5 Å². The molecule has 2 aromatic carbocycles. The summed E-state index contributed by atoms with van der Waals surface area (Å²) in [4.78, 5) is 25.5. The minimum absolute atomic E-state index is 0.0124. The number of aromatic nitrogens is 1. The molecule has 0 aliphatic rings. The van der Waals surface area contributed by atoms with Crippen molar-refractivity contribution in [2.75, 3.05) is 14.2 Å². The molecule has 0 fully saturated rings. The number of benzene rings is 2. The molecule has 0 saturated carbocycles. The number of aryl methyl sites for hydroxylation is 1. The normalized spacial score (nSPS) is 13.0. The molecule has 0 radical (unpaired) electrons. The van der Waals surface area contributed by atoms with Gasteiger partial charge in [-0.1, -0.05) is 60.7 Å². The van der Waals surface area contributed by atoms with E-state index >= 15 is 0 Å². The van der Waals surface area contributed by atoms with Gasteiger partial charge in [-0.2, -0.15) is 0 Å². The van der Waals surface area contributed by atoms with E-state index in [1.165, 1.54) is 14.2 Å². The zero-order valence-electron chi connectivity index (χ0n) is 17.7. The van der Waals surface area contributed by atoms with Crippen LogP contribution in [0, 0.1) is 12.8 Å². The van der Waals surface area contributed by atoms with Gasteiger partial charge in [0.05, 0.1) is 20.3 Å². The Morgan fingerprint density at radius 2 is 1.27 bits per heavy atom. The molecule has 0 bridgehead atoms. The molecule has 3 aromatic rings. The number of hydrogen-bond acceptors (Lipinski definition) is 4. The van der Waals surface area contributed by atoms with Crippen molar-refractivity contribution in [2.45, 2.75) is 25.8 Å². The highest BCUT2D eigenvalue weighted by Gasteiger charge is 2.40. The summed E-state index contributed by atoms with van der Waals surface area (Å²) >= 11 is 0. The predicted molar refractivity (Wildman–Crippen MR) is 115 cm³/mol. The SMILES string of the molecule is COC(=O)C(C(=O)OC)[C@H](c1ccccc1)c1ccc(C)n1[C@H](C)c1ccccc1. The maximum Gasteiger partial charge on any atom is 0.321 e. The Bertz CT molecular complexity index is 979. The Morgan fingerprint density at radius 1 is 0.767 bits per heavy atom. The fourth-order valence-corrected chi connectivity index (χ4v) is 4.05. The van der Waals surface area contributed by atoms with Gasteiger partial charge in [0.1, 0.15) is 0 Å². The Balaban J connectivity index is 2.21. The molecule has 30 heavy (non-hydrogen) atoms. The second kappa shape index (κ2) is 9.44. The summed E-state index contributed by atoms with van der Waals surface area (Å²) in [6.45, 7) is 4.13. The van der Waals surface area contributed by atoms with Gasteiger partial charge in [-0.25, -0.2) is 0 Å². The maximum absolute atomic E-state index is 12.7. The lowest BCUT2D eigenvalue weighted by molar-refractivity contribution is -0.159. The van der Waals surface area contributed by atoms with E-state index in [1.54, 1.807) is 0 Å². The van der Waals surface area contributed by atoms with Gasteiger partial charge in [-0.3, -0.25) is 9.59 Å². The van der Waals surface area contributed by atoms with E-state index in [9.17, 15) is 9.59 Å². The Kier molecular flexibility index (Phi) is 6.72. The lowest BCUT2D eigenvalue weighted by Gasteiger charge is -2.28. The summed E-state index contributed by atoms with van der Waals surface area (Å²) in [5.74, 6) is -2.90. The molecule has 1 aromatic heterocycles. The van der Waals surface area contributed by atoms with Crippen LogP contribution in [-0.2, 0) is 19.1 Å². The van der Waals surface area contributed by atoms with E-state index in [1.807, 2.05) is 67.6 Å². The van der Waals surface area contributed by atoms with Gasteiger partial charge in [0.25, 0.3) is 0 Å². The molecule has 0 spiro atoms. The number of carbonyl (C=O) groups is 2. The smallest absolute Gasteiger partial charge is 0.321 e. The first-order valence-electron chi connectivity index (χ1n) is 9.92. The van der Waals surface area contributed by atoms with Crippen molar-refractivity contribution in [3.8, 4) is 0 Å². The van der Waals surface area contributed by atoms with Gasteiger partial charge in [0, 0.05) is 17.3 Å². The van der Waals surface area contributed by atoms with Crippen molar-refractivity contribution in [3.63, 3.8) is 0 Å². The molecule has 2 atom stereocenters. The molecular weight excluding hydrogens is 378 g/mol. The number of ether oxygens (including phenoxy) is 2. The predicted octanol–water partition coefficient (Wildman–Crippen LogP) is 4.50. The molecule has 0 N–H and O–H groups in total. The summed E-state index contributed by atoms with van der Waals surface area (Å²) < 4.78 is 12.2. The molecular formula is C25H27NO4. The monoisotopic (exact) mass is 405 g/mol. The lowest BCUT2D eigenvalue weighted by Crippen LogP contribution is -2.34. The number of methoxy groups -OCH3 is 2. The first kappa shape index (κ1) is 21.4. The molecule has 0 aliphatic heterocycles. The molecule has 3 rings (SSSR count). The quantitative estimate of drug-likeness (QED) is 0.429. The van der Waals surface area contributed by atoms with Crippen LogP contribution < -0.4 is 0 Å². The van der Waals surface area contributed by atoms with Gasteiger partial charge in [0.2, 0.25) is 0 Å². The third-order valence-corrected chi connectivity index (χ3v) is 5.54. The van der Waals surface area contributed by atoms with Crippen LogP contribution in [-0.4, -0.2) is 30.7 Å². The van der Waals surface area contributed by atoms with E-state index in [2.05, 4.69) is 23.6 Å². The van der Waals surface area contributed by atoms with E-state index < -0.39 is 23.8 Å². The summed E-state index contributed by atoms with van der Waals surface area (Å²) in [7, 11) is 2.58. The van der Waals surface area contributed by atoms with Crippen molar-refractivity contribution < 1.29 is 19.1 Å². The van der Waals surface area contributed by atoms with Crippen LogP contribution in [0.2, 0.25) is 0 Å². The number of nitrogens with zero attached hydrogens (tertiary/aromatic N) is 1. The molecule has 5 heteroatoms. The average molecular weight is 405 g/mol. The van der Waals surface area contributed by atoms with Crippen molar-refractivity contribution in [1.29, 1.82) is 0 Å². The van der Waals surface area contributed by atoms with Gasteiger partial charge >= 0.3 is 11.9 Å². The summed E-state index contributed by atoms with van der Waals surface area (Å²) in [5, 5.41) is 0. The van der Waals surface area contributed by atoms with Crippen molar-refractivity contribution in [2.24, 2.45) is 5.92 Å². The summed E-state index contributed by atoms with van der Waals surface area (Å²) in [6, 6.07) is 23.7. The highest BCUT2D eigenvalue weighted by Crippen LogP contribution is 2.37. The third-order valence-electron chi connectivity index (χ3n) is 5.54. The first-order valence-corrected chi connectivity index (χ1v) is 9.92. The molecule has 0 unspecified atom stereocenters. The van der Waals surface area contributed by atoms with Gasteiger partial charge in [-0.05, 0) is 37.1 Å². The minimum atomic E-state index is -1.11. The second-order valence-corrected chi connectivity index (χ2v) is 7.27.